The van der Waals surface area contributed by atoms with Gasteiger partial charge in [-0.1, -0.05) is 23.4 Å². The van der Waals surface area contributed by atoms with Gasteiger partial charge in [0.2, 0.25) is 0 Å². The molecule has 7 nitrogen and oxygen atoms in total. The van der Waals surface area contributed by atoms with Crippen LogP contribution in [0.5, 0.6) is 5.75 Å². The maximum atomic E-state index is 12.5. The molecule has 1 unspecified atom stereocenters. The number of para-hydroxylation sites is 1. The highest BCUT2D eigenvalue weighted by Gasteiger charge is 2.37. The first-order valence-corrected chi connectivity index (χ1v) is 8.13. The van der Waals surface area contributed by atoms with Crippen LogP contribution in [0.25, 0.3) is 0 Å². The third-order valence-electron chi connectivity index (χ3n) is 4.36. The zero-order chi connectivity index (χ0) is 16.5. The van der Waals surface area contributed by atoms with Crippen molar-refractivity contribution in [3.8, 4) is 5.75 Å². The number of hydrogen-bond acceptors (Lipinski definition) is 6. The van der Waals surface area contributed by atoms with Gasteiger partial charge in [0.15, 0.2) is 11.9 Å². The van der Waals surface area contributed by atoms with Crippen molar-refractivity contribution < 1.29 is 18.8 Å². The number of benzene rings is 1. The summed E-state index contributed by atoms with van der Waals surface area (Å²) in [6.45, 7) is 3.20. The summed E-state index contributed by atoms with van der Waals surface area (Å²) in [6, 6.07) is 7.89. The summed E-state index contributed by atoms with van der Waals surface area (Å²) < 4.78 is 16.5. The van der Waals surface area contributed by atoms with Crippen LogP contribution in [0.2, 0.25) is 0 Å². The molecule has 1 aromatic heterocycles. The van der Waals surface area contributed by atoms with Crippen LogP contribution in [-0.2, 0) is 22.6 Å². The van der Waals surface area contributed by atoms with Crippen LogP contribution in [0.3, 0.4) is 0 Å². The van der Waals surface area contributed by atoms with Gasteiger partial charge >= 0.3 is 0 Å². The summed E-state index contributed by atoms with van der Waals surface area (Å²) in [5.41, 5.74) is 1.17. The van der Waals surface area contributed by atoms with Crippen molar-refractivity contribution in [1.82, 2.24) is 15.0 Å². The van der Waals surface area contributed by atoms with Crippen LogP contribution in [0.4, 0.5) is 0 Å². The van der Waals surface area contributed by atoms with Gasteiger partial charge in [-0.25, -0.2) is 0 Å². The fourth-order valence-corrected chi connectivity index (χ4v) is 3.01. The Kier molecular flexibility index (Phi) is 3.93. The number of carbonyl (C=O) groups is 1. The number of ether oxygens (including phenoxy) is 2. The first-order chi connectivity index (χ1) is 11.7. The quantitative estimate of drug-likeness (QED) is 0.846. The average Bonchev–Trinajstić information content (AvgIpc) is 2.98. The number of aryl methyl sites for hydroxylation is 2. The lowest BCUT2D eigenvalue weighted by Crippen LogP contribution is -2.58. The van der Waals surface area contributed by atoms with Crippen LogP contribution in [-0.4, -0.2) is 46.2 Å². The van der Waals surface area contributed by atoms with E-state index >= 15 is 0 Å². The SMILES string of the molecule is Cc1noc(COC2CN(C(=O)C3CCc4ccccc4O3)C2)n1. The smallest absolute Gasteiger partial charge is 0.263 e. The molecule has 2 aliphatic rings. The molecule has 4 rings (SSSR count). The molecular formula is C17H19N3O4. The van der Waals surface area contributed by atoms with Crippen molar-refractivity contribution in [1.29, 1.82) is 0 Å². The number of hydrogen-bond donors (Lipinski definition) is 0. The molecule has 3 heterocycles. The zero-order valence-electron chi connectivity index (χ0n) is 13.5. The molecule has 126 valence electrons. The normalized spacial score (nSPS) is 20.2. The molecule has 1 fully saturated rings. The van der Waals surface area contributed by atoms with Gasteiger partial charge in [0.25, 0.3) is 11.8 Å². The Balaban J connectivity index is 1.26. The van der Waals surface area contributed by atoms with Crippen molar-refractivity contribution in [2.75, 3.05) is 13.1 Å². The Morgan fingerprint density at radius 1 is 1.38 bits per heavy atom. The van der Waals surface area contributed by atoms with E-state index in [2.05, 4.69) is 10.1 Å². The summed E-state index contributed by atoms with van der Waals surface area (Å²) >= 11 is 0. The lowest BCUT2D eigenvalue weighted by atomic mass is 10.0. The second-order valence-electron chi connectivity index (χ2n) is 6.16. The molecule has 0 bridgehead atoms. The summed E-state index contributed by atoms with van der Waals surface area (Å²) in [4.78, 5) is 18.4. The predicted octanol–water partition coefficient (Wildman–Crippen LogP) is 1.50. The second kappa shape index (κ2) is 6.24. The average molecular weight is 329 g/mol. The van der Waals surface area contributed by atoms with Crippen molar-refractivity contribution in [2.45, 2.75) is 38.6 Å². The van der Waals surface area contributed by atoms with E-state index in [9.17, 15) is 4.79 Å². The first kappa shape index (κ1) is 15.1. The molecule has 2 aliphatic heterocycles. The Hall–Kier alpha value is -2.41. The highest BCUT2D eigenvalue weighted by atomic mass is 16.5. The third-order valence-corrected chi connectivity index (χ3v) is 4.36. The monoisotopic (exact) mass is 329 g/mol. The summed E-state index contributed by atoms with van der Waals surface area (Å²) in [5, 5.41) is 3.71. The van der Waals surface area contributed by atoms with Gasteiger partial charge in [-0.3, -0.25) is 4.79 Å². The molecule has 1 amide bonds. The number of rotatable bonds is 4. The molecule has 1 atom stereocenters. The number of amides is 1. The van der Waals surface area contributed by atoms with Gasteiger partial charge in [0.1, 0.15) is 12.4 Å². The summed E-state index contributed by atoms with van der Waals surface area (Å²) in [7, 11) is 0. The highest BCUT2D eigenvalue weighted by molar-refractivity contribution is 5.82. The maximum absolute atomic E-state index is 12.5. The largest absolute Gasteiger partial charge is 0.480 e. The second-order valence-corrected chi connectivity index (χ2v) is 6.16. The molecule has 1 saturated heterocycles. The number of fused-ring (bicyclic) bond motifs is 1. The minimum absolute atomic E-state index is 0.0111. The van der Waals surface area contributed by atoms with Gasteiger partial charge in [-0.05, 0) is 31.4 Å². The van der Waals surface area contributed by atoms with E-state index in [1.54, 1.807) is 11.8 Å². The molecule has 0 radical (unpaired) electrons. The molecule has 0 saturated carbocycles. The minimum Gasteiger partial charge on any atom is -0.480 e. The molecular weight excluding hydrogens is 310 g/mol. The number of nitrogens with zero attached hydrogens (tertiary/aromatic N) is 3. The minimum atomic E-state index is -0.389. The number of likely N-dealkylation sites (tertiary alicyclic amines) is 1. The topological polar surface area (TPSA) is 77.7 Å². The van der Waals surface area contributed by atoms with Gasteiger partial charge < -0.3 is 18.9 Å². The van der Waals surface area contributed by atoms with Gasteiger partial charge in [-0.15, -0.1) is 0 Å². The van der Waals surface area contributed by atoms with E-state index in [1.807, 2.05) is 24.3 Å². The van der Waals surface area contributed by atoms with Crippen LogP contribution >= 0.6 is 0 Å². The van der Waals surface area contributed by atoms with E-state index in [0.717, 1.165) is 18.6 Å². The van der Waals surface area contributed by atoms with Crippen molar-refractivity contribution in [3.05, 3.63) is 41.5 Å². The van der Waals surface area contributed by atoms with E-state index < -0.39 is 0 Å². The van der Waals surface area contributed by atoms with Crippen molar-refractivity contribution in [2.24, 2.45) is 0 Å². The molecule has 0 aliphatic carbocycles. The van der Waals surface area contributed by atoms with Crippen molar-refractivity contribution >= 4 is 5.91 Å². The molecule has 0 N–H and O–H groups in total. The van der Waals surface area contributed by atoms with E-state index in [-0.39, 0.29) is 24.7 Å². The maximum Gasteiger partial charge on any atom is 0.263 e. The Labute approximate surface area is 139 Å². The standard InChI is InChI=1S/C17H19N3O4/c1-11-18-16(24-19-11)10-22-13-8-20(9-13)17(21)15-7-6-12-4-2-3-5-14(12)23-15/h2-5,13,15H,6-10H2,1H3. The van der Waals surface area contributed by atoms with E-state index in [1.165, 1.54) is 5.56 Å². The summed E-state index contributed by atoms with van der Waals surface area (Å²) in [6.07, 6.45) is 1.21. The fourth-order valence-electron chi connectivity index (χ4n) is 3.01. The van der Waals surface area contributed by atoms with E-state index in [4.69, 9.17) is 14.0 Å². The molecule has 0 spiro atoms. The van der Waals surface area contributed by atoms with Crippen molar-refractivity contribution in [3.63, 3.8) is 0 Å². The third kappa shape index (κ3) is 2.99. The van der Waals surface area contributed by atoms with Crippen LogP contribution in [0.15, 0.2) is 28.8 Å². The predicted molar refractivity (Wildman–Crippen MR) is 83.4 cm³/mol. The number of carbonyl (C=O) groups excluding carboxylic acids is 1. The molecule has 7 heteroatoms. The highest BCUT2D eigenvalue weighted by Crippen LogP contribution is 2.28. The zero-order valence-corrected chi connectivity index (χ0v) is 13.5. The van der Waals surface area contributed by atoms with Gasteiger partial charge in [0.05, 0.1) is 6.10 Å². The Morgan fingerprint density at radius 2 is 2.21 bits per heavy atom. The van der Waals surface area contributed by atoms with Gasteiger partial charge in [0, 0.05) is 13.1 Å². The van der Waals surface area contributed by atoms with Gasteiger partial charge in [-0.2, -0.15) is 4.98 Å². The lowest BCUT2D eigenvalue weighted by Gasteiger charge is -2.41. The molecule has 2 aromatic rings. The Morgan fingerprint density at radius 3 is 3.00 bits per heavy atom. The molecule has 1 aromatic carbocycles. The lowest BCUT2D eigenvalue weighted by molar-refractivity contribution is -0.154. The number of aromatic nitrogens is 2. The Bertz CT molecular complexity index is 739. The molecule has 24 heavy (non-hydrogen) atoms. The first-order valence-electron chi connectivity index (χ1n) is 8.13. The van der Waals surface area contributed by atoms with E-state index in [0.29, 0.717) is 24.8 Å². The van der Waals surface area contributed by atoms with Crippen LogP contribution in [0.1, 0.15) is 23.7 Å². The summed E-state index contributed by atoms with van der Waals surface area (Å²) in [5.74, 6) is 1.92. The van der Waals surface area contributed by atoms with Crippen LogP contribution < -0.4 is 4.74 Å². The van der Waals surface area contributed by atoms with Crippen LogP contribution in [0, 0.1) is 6.92 Å². The fraction of sp³-hybridized carbons (Fsp3) is 0.471.